The molecule has 0 aliphatic carbocycles. The molecule has 1 saturated heterocycles. The van der Waals surface area contributed by atoms with E-state index in [-0.39, 0.29) is 5.91 Å². The third kappa shape index (κ3) is 3.54. The predicted octanol–water partition coefficient (Wildman–Crippen LogP) is 5.33. The van der Waals surface area contributed by atoms with E-state index in [2.05, 4.69) is 27.5 Å². The van der Waals surface area contributed by atoms with Gasteiger partial charge in [0.25, 0.3) is 5.91 Å². The van der Waals surface area contributed by atoms with Crippen molar-refractivity contribution in [1.29, 1.82) is 0 Å². The Morgan fingerprint density at radius 2 is 1.73 bits per heavy atom. The normalized spacial score (nSPS) is 14.7. The molecule has 150 valence electrons. The Morgan fingerprint density at radius 3 is 2.57 bits per heavy atom. The highest BCUT2D eigenvalue weighted by Crippen LogP contribution is 2.33. The fraction of sp³-hybridized carbons (Fsp3) is 0.200. The highest BCUT2D eigenvalue weighted by Gasteiger charge is 2.27. The van der Waals surface area contributed by atoms with Gasteiger partial charge in [0.15, 0.2) is 0 Å². The van der Waals surface area contributed by atoms with Crippen LogP contribution >= 0.6 is 0 Å². The molecular weight excluding hydrogens is 372 g/mol. The molecule has 3 heterocycles. The molecule has 0 spiro atoms. The van der Waals surface area contributed by atoms with Gasteiger partial charge in [-0.3, -0.25) is 4.79 Å². The first-order chi connectivity index (χ1) is 14.8. The summed E-state index contributed by atoms with van der Waals surface area (Å²) < 4.78 is 0. The number of aromatic amines is 1. The maximum absolute atomic E-state index is 13.3. The lowest BCUT2D eigenvalue weighted by molar-refractivity contribution is 0.0714. The Kier molecular flexibility index (Phi) is 4.93. The summed E-state index contributed by atoms with van der Waals surface area (Å²) in [6.07, 6.45) is 5.81. The molecule has 30 heavy (non-hydrogen) atoms. The summed E-state index contributed by atoms with van der Waals surface area (Å²) in [7, 11) is 0. The zero-order valence-electron chi connectivity index (χ0n) is 16.7. The average molecular weight is 396 g/mol. The molecule has 1 fully saturated rings. The second kappa shape index (κ2) is 8.03. The molecule has 5 heteroatoms. The molecule has 4 aromatic rings. The van der Waals surface area contributed by atoms with Crippen LogP contribution < -0.4 is 5.32 Å². The van der Waals surface area contributed by atoms with Gasteiger partial charge in [-0.2, -0.15) is 0 Å². The highest BCUT2D eigenvalue weighted by molar-refractivity contribution is 6.00. The number of nitrogens with zero attached hydrogens (tertiary/aromatic N) is 2. The Balaban J connectivity index is 1.31. The van der Waals surface area contributed by atoms with Crippen LogP contribution in [0.4, 0.5) is 11.4 Å². The van der Waals surface area contributed by atoms with Crippen LogP contribution in [0.5, 0.6) is 0 Å². The number of carbonyl (C=O) groups excluding carboxylic acids is 1. The predicted molar refractivity (Wildman–Crippen MR) is 120 cm³/mol. The molecule has 5 nitrogen and oxygen atoms in total. The van der Waals surface area contributed by atoms with Gasteiger partial charge in [-0.15, -0.1) is 0 Å². The molecule has 1 aliphatic rings. The molecule has 2 aromatic carbocycles. The van der Waals surface area contributed by atoms with Crippen molar-refractivity contribution >= 4 is 28.3 Å². The SMILES string of the molecule is O=C(c1ccccc1Nc1ccccc1)N1CCC(c2c[nH]c3ncccc23)CC1. The van der Waals surface area contributed by atoms with Crippen LogP contribution in [-0.2, 0) is 0 Å². The number of likely N-dealkylation sites (tertiary alicyclic amines) is 1. The number of piperidine rings is 1. The number of anilines is 2. The number of pyridine rings is 1. The molecule has 1 amide bonds. The topological polar surface area (TPSA) is 61.0 Å². The molecular formula is C25H24N4O. The quantitative estimate of drug-likeness (QED) is 0.490. The molecule has 5 rings (SSSR count). The van der Waals surface area contributed by atoms with Crippen molar-refractivity contribution in [2.24, 2.45) is 0 Å². The van der Waals surface area contributed by atoms with Gasteiger partial charge in [0.1, 0.15) is 5.65 Å². The fourth-order valence-electron chi connectivity index (χ4n) is 4.33. The Morgan fingerprint density at radius 1 is 0.967 bits per heavy atom. The largest absolute Gasteiger partial charge is 0.355 e. The second-order valence-electron chi connectivity index (χ2n) is 7.75. The first-order valence-electron chi connectivity index (χ1n) is 10.4. The number of para-hydroxylation sites is 2. The van der Waals surface area contributed by atoms with E-state index < -0.39 is 0 Å². The van der Waals surface area contributed by atoms with Crippen molar-refractivity contribution in [2.45, 2.75) is 18.8 Å². The molecule has 2 aromatic heterocycles. The van der Waals surface area contributed by atoms with Crippen molar-refractivity contribution in [3.8, 4) is 0 Å². The van der Waals surface area contributed by atoms with Gasteiger partial charge in [-0.05, 0) is 60.7 Å². The summed E-state index contributed by atoms with van der Waals surface area (Å²) in [6.45, 7) is 1.52. The van der Waals surface area contributed by atoms with E-state index in [1.54, 1.807) is 0 Å². The lowest BCUT2D eigenvalue weighted by Gasteiger charge is -2.32. The fourth-order valence-corrected chi connectivity index (χ4v) is 4.33. The molecule has 0 unspecified atom stereocenters. The molecule has 2 N–H and O–H groups in total. The minimum absolute atomic E-state index is 0.0908. The lowest BCUT2D eigenvalue weighted by Crippen LogP contribution is -2.38. The van der Waals surface area contributed by atoms with Crippen molar-refractivity contribution in [3.05, 3.63) is 90.3 Å². The Bertz CT molecular complexity index is 1160. The van der Waals surface area contributed by atoms with Crippen LogP contribution in [0.3, 0.4) is 0 Å². The van der Waals surface area contributed by atoms with Crippen LogP contribution in [0.2, 0.25) is 0 Å². The lowest BCUT2D eigenvalue weighted by atomic mass is 9.89. The number of hydrogen-bond donors (Lipinski definition) is 2. The molecule has 0 bridgehead atoms. The summed E-state index contributed by atoms with van der Waals surface area (Å²) in [6, 6.07) is 21.8. The minimum Gasteiger partial charge on any atom is -0.355 e. The Labute approximate surface area is 175 Å². The molecule has 0 radical (unpaired) electrons. The van der Waals surface area contributed by atoms with Gasteiger partial charge in [0.05, 0.1) is 11.3 Å². The number of rotatable bonds is 4. The van der Waals surface area contributed by atoms with E-state index in [0.29, 0.717) is 5.92 Å². The van der Waals surface area contributed by atoms with Gasteiger partial charge >= 0.3 is 0 Å². The smallest absolute Gasteiger partial charge is 0.255 e. The first-order valence-corrected chi connectivity index (χ1v) is 10.4. The summed E-state index contributed by atoms with van der Waals surface area (Å²) >= 11 is 0. The molecule has 0 saturated carbocycles. The number of carbonyl (C=O) groups is 1. The number of hydrogen-bond acceptors (Lipinski definition) is 3. The van der Waals surface area contributed by atoms with Crippen LogP contribution in [0, 0.1) is 0 Å². The molecule has 0 atom stereocenters. The highest BCUT2D eigenvalue weighted by atomic mass is 16.2. The van der Waals surface area contributed by atoms with Crippen molar-refractivity contribution in [3.63, 3.8) is 0 Å². The maximum atomic E-state index is 13.3. The van der Waals surface area contributed by atoms with E-state index in [4.69, 9.17) is 0 Å². The van der Waals surface area contributed by atoms with Gasteiger partial charge in [-0.1, -0.05) is 30.3 Å². The van der Waals surface area contributed by atoms with Crippen molar-refractivity contribution < 1.29 is 4.79 Å². The van der Waals surface area contributed by atoms with Crippen molar-refractivity contribution in [1.82, 2.24) is 14.9 Å². The Hall–Kier alpha value is -3.60. The monoisotopic (exact) mass is 396 g/mol. The van der Waals surface area contributed by atoms with E-state index in [1.165, 1.54) is 10.9 Å². The van der Waals surface area contributed by atoms with E-state index >= 15 is 0 Å². The van der Waals surface area contributed by atoms with Crippen LogP contribution in [0.1, 0.15) is 34.7 Å². The number of amides is 1. The average Bonchev–Trinajstić information content (AvgIpc) is 3.24. The van der Waals surface area contributed by atoms with Gasteiger partial charge < -0.3 is 15.2 Å². The number of H-pyrrole nitrogens is 1. The summed E-state index contributed by atoms with van der Waals surface area (Å²) in [5.41, 5.74) is 4.79. The first kappa shape index (κ1) is 18.4. The van der Waals surface area contributed by atoms with Crippen LogP contribution in [0.15, 0.2) is 79.1 Å². The van der Waals surface area contributed by atoms with Gasteiger partial charge in [0.2, 0.25) is 0 Å². The van der Waals surface area contributed by atoms with E-state index in [0.717, 1.165) is 48.5 Å². The third-order valence-electron chi connectivity index (χ3n) is 5.92. The standard InChI is InChI=1S/C25H24N4O/c30-25(21-9-4-5-11-23(21)28-19-7-2-1-3-8-19)29-15-12-18(13-16-29)22-17-27-24-20(22)10-6-14-26-24/h1-11,14,17-18,28H,12-13,15-16H2,(H,26,27). The minimum atomic E-state index is 0.0908. The summed E-state index contributed by atoms with van der Waals surface area (Å²) in [4.78, 5) is 22.9. The van der Waals surface area contributed by atoms with E-state index in [1.807, 2.05) is 71.8 Å². The summed E-state index contributed by atoms with van der Waals surface area (Å²) in [5, 5.41) is 4.58. The summed E-state index contributed by atoms with van der Waals surface area (Å²) in [5.74, 6) is 0.540. The van der Waals surface area contributed by atoms with Crippen LogP contribution in [0.25, 0.3) is 11.0 Å². The number of nitrogens with one attached hydrogen (secondary N) is 2. The van der Waals surface area contributed by atoms with E-state index in [9.17, 15) is 4.79 Å². The second-order valence-corrected chi connectivity index (χ2v) is 7.75. The van der Waals surface area contributed by atoms with Crippen molar-refractivity contribution in [2.75, 3.05) is 18.4 Å². The zero-order valence-corrected chi connectivity index (χ0v) is 16.7. The zero-order chi connectivity index (χ0) is 20.3. The number of aromatic nitrogens is 2. The number of benzene rings is 2. The molecule has 1 aliphatic heterocycles. The van der Waals surface area contributed by atoms with Gasteiger partial charge in [0, 0.05) is 36.6 Å². The third-order valence-corrected chi connectivity index (χ3v) is 5.92. The number of fused-ring (bicyclic) bond motifs is 1. The maximum Gasteiger partial charge on any atom is 0.255 e. The van der Waals surface area contributed by atoms with Crippen LogP contribution in [-0.4, -0.2) is 33.9 Å². The van der Waals surface area contributed by atoms with Gasteiger partial charge in [-0.25, -0.2) is 4.98 Å².